The first-order valence-corrected chi connectivity index (χ1v) is 12.1. The van der Waals surface area contributed by atoms with E-state index in [1.807, 2.05) is 0 Å². The molecule has 7 nitrogen and oxygen atoms in total. The normalized spacial score (nSPS) is 11.7. The summed E-state index contributed by atoms with van der Waals surface area (Å²) in [6.07, 6.45) is -2.54. The standard InChI is InChI=1S/C22H17ClF4N2O5S/c1-3-33-21-13(5-4-8-28-21)14-10-15(20(30)29-35(2,31)32)18(24)11-19(14)34-12-6-7-16(17(23)9-12)22(25,26)27/h4-11H,3H2,1-2H3,(H,29,30). The number of alkyl halides is 3. The summed E-state index contributed by atoms with van der Waals surface area (Å²) in [4.78, 5) is 16.5. The summed E-state index contributed by atoms with van der Waals surface area (Å²) in [7, 11) is -4.00. The Hall–Kier alpha value is -3.38. The van der Waals surface area contributed by atoms with Crippen LogP contribution in [0.15, 0.2) is 48.7 Å². The van der Waals surface area contributed by atoms with Crippen LogP contribution in [0.5, 0.6) is 17.4 Å². The Morgan fingerprint density at radius 3 is 2.46 bits per heavy atom. The lowest BCUT2D eigenvalue weighted by Crippen LogP contribution is -2.30. The molecule has 35 heavy (non-hydrogen) atoms. The van der Waals surface area contributed by atoms with E-state index in [-0.39, 0.29) is 35.1 Å². The Morgan fingerprint density at radius 2 is 1.86 bits per heavy atom. The van der Waals surface area contributed by atoms with Crippen LogP contribution in [0.25, 0.3) is 11.1 Å². The van der Waals surface area contributed by atoms with Gasteiger partial charge < -0.3 is 9.47 Å². The number of carbonyl (C=O) groups excluding carboxylic acids is 1. The molecular weight excluding hydrogens is 516 g/mol. The van der Waals surface area contributed by atoms with Gasteiger partial charge in [-0.05, 0) is 37.3 Å². The highest BCUT2D eigenvalue weighted by Crippen LogP contribution is 2.41. The minimum Gasteiger partial charge on any atom is -0.478 e. The van der Waals surface area contributed by atoms with Gasteiger partial charge in [-0.1, -0.05) is 11.6 Å². The number of ether oxygens (including phenoxy) is 2. The molecule has 1 N–H and O–H groups in total. The summed E-state index contributed by atoms with van der Waals surface area (Å²) in [5.74, 6) is -2.67. The average Bonchev–Trinajstić information content (AvgIpc) is 2.72. The van der Waals surface area contributed by atoms with Crippen molar-refractivity contribution < 1.29 is 40.2 Å². The van der Waals surface area contributed by atoms with E-state index >= 15 is 0 Å². The molecule has 13 heteroatoms. The summed E-state index contributed by atoms with van der Waals surface area (Å²) in [6, 6.07) is 7.47. The number of hydrogen-bond donors (Lipinski definition) is 1. The van der Waals surface area contributed by atoms with Crippen LogP contribution in [0.1, 0.15) is 22.8 Å². The first-order chi connectivity index (χ1) is 16.3. The van der Waals surface area contributed by atoms with Crippen LogP contribution in [0.4, 0.5) is 17.6 Å². The highest BCUT2D eigenvalue weighted by Gasteiger charge is 2.33. The number of amides is 1. The van der Waals surface area contributed by atoms with Gasteiger partial charge >= 0.3 is 6.18 Å². The number of halogens is 5. The van der Waals surface area contributed by atoms with Crippen LogP contribution in [-0.2, 0) is 16.2 Å². The molecule has 1 aromatic heterocycles. The van der Waals surface area contributed by atoms with E-state index in [1.165, 1.54) is 18.3 Å². The van der Waals surface area contributed by atoms with Crippen molar-refractivity contribution in [2.45, 2.75) is 13.1 Å². The minimum absolute atomic E-state index is 0.0534. The molecular formula is C22H17ClF4N2O5S. The Kier molecular flexibility index (Phi) is 7.56. The van der Waals surface area contributed by atoms with Crippen LogP contribution in [0.2, 0.25) is 5.02 Å². The molecule has 0 bridgehead atoms. The lowest BCUT2D eigenvalue weighted by Gasteiger charge is -2.17. The van der Waals surface area contributed by atoms with E-state index in [2.05, 4.69) is 4.98 Å². The van der Waals surface area contributed by atoms with Crippen LogP contribution in [-0.4, -0.2) is 32.2 Å². The second-order valence-electron chi connectivity index (χ2n) is 7.06. The lowest BCUT2D eigenvalue weighted by molar-refractivity contribution is -0.137. The number of pyridine rings is 1. The van der Waals surface area contributed by atoms with Crippen LogP contribution in [0, 0.1) is 5.82 Å². The van der Waals surface area contributed by atoms with Crippen LogP contribution >= 0.6 is 11.6 Å². The topological polar surface area (TPSA) is 94.6 Å². The van der Waals surface area contributed by atoms with E-state index in [1.54, 1.807) is 11.6 Å². The van der Waals surface area contributed by atoms with Crippen molar-refractivity contribution in [1.82, 2.24) is 9.71 Å². The molecule has 1 amide bonds. The summed E-state index contributed by atoms with van der Waals surface area (Å²) in [5.41, 5.74) is -1.42. The number of sulfonamides is 1. The fourth-order valence-electron chi connectivity index (χ4n) is 3.01. The third-order valence-corrected chi connectivity index (χ3v) is 5.28. The Morgan fingerprint density at radius 1 is 1.14 bits per heavy atom. The van der Waals surface area contributed by atoms with Gasteiger partial charge in [-0.2, -0.15) is 13.2 Å². The molecule has 0 aliphatic rings. The maximum atomic E-state index is 14.9. The quantitative estimate of drug-likeness (QED) is 0.407. The van der Waals surface area contributed by atoms with Crippen molar-refractivity contribution in [3.8, 4) is 28.5 Å². The molecule has 0 saturated carbocycles. The first-order valence-electron chi connectivity index (χ1n) is 9.78. The van der Waals surface area contributed by atoms with Crippen molar-refractivity contribution >= 4 is 27.5 Å². The Balaban J connectivity index is 2.16. The highest BCUT2D eigenvalue weighted by molar-refractivity contribution is 7.89. The fourth-order valence-corrected chi connectivity index (χ4v) is 3.74. The summed E-state index contributed by atoms with van der Waals surface area (Å²) < 4.78 is 89.6. The number of nitrogens with one attached hydrogen (secondary N) is 1. The van der Waals surface area contributed by atoms with E-state index in [9.17, 15) is 30.8 Å². The largest absolute Gasteiger partial charge is 0.478 e. The summed E-state index contributed by atoms with van der Waals surface area (Å²) in [5, 5.41) is -0.641. The van der Waals surface area contributed by atoms with Gasteiger partial charge in [0.2, 0.25) is 15.9 Å². The van der Waals surface area contributed by atoms with E-state index in [0.717, 1.165) is 30.5 Å². The predicted molar refractivity (Wildman–Crippen MR) is 120 cm³/mol. The van der Waals surface area contributed by atoms with Gasteiger partial charge in [0.15, 0.2) is 0 Å². The zero-order chi connectivity index (χ0) is 26.0. The van der Waals surface area contributed by atoms with E-state index < -0.39 is 44.1 Å². The van der Waals surface area contributed by atoms with Gasteiger partial charge in [-0.3, -0.25) is 4.79 Å². The van der Waals surface area contributed by atoms with Gasteiger partial charge in [0, 0.05) is 29.5 Å². The van der Waals surface area contributed by atoms with Crippen LogP contribution in [0.3, 0.4) is 0 Å². The number of hydrogen-bond acceptors (Lipinski definition) is 6. The average molecular weight is 533 g/mol. The Bertz CT molecular complexity index is 1380. The molecule has 0 aliphatic heterocycles. The lowest BCUT2D eigenvalue weighted by atomic mass is 10.0. The number of carbonyl (C=O) groups is 1. The molecule has 0 spiro atoms. The fraction of sp³-hybridized carbons (Fsp3) is 0.182. The smallest absolute Gasteiger partial charge is 0.417 e. The minimum atomic E-state index is -4.69. The van der Waals surface area contributed by atoms with Crippen molar-refractivity contribution in [3.63, 3.8) is 0 Å². The second kappa shape index (κ2) is 10.1. The summed E-state index contributed by atoms with van der Waals surface area (Å²) >= 11 is 5.75. The molecule has 186 valence electrons. The third kappa shape index (κ3) is 6.40. The molecule has 1 heterocycles. The zero-order valence-corrected chi connectivity index (χ0v) is 19.7. The van der Waals surface area contributed by atoms with E-state index in [0.29, 0.717) is 6.07 Å². The number of rotatable bonds is 7. The third-order valence-electron chi connectivity index (χ3n) is 4.41. The van der Waals surface area contributed by atoms with Gasteiger partial charge in [-0.25, -0.2) is 22.5 Å². The molecule has 0 atom stereocenters. The van der Waals surface area contributed by atoms with Gasteiger partial charge in [-0.15, -0.1) is 0 Å². The molecule has 0 unspecified atom stereocenters. The number of aromatic nitrogens is 1. The molecule has 0 radical (unpaired) electrons. The highest BCUT2D eigenvalue weighted by atomic mass is 35.5. The first kappa shape index (κ1) is 26.2. The maximum Gasteiger partial charge on any atom is 0.417 e. The van der Waals surface area contributed by atoms with Crippen LogP contribution < -0.4 is 14.2 Å². The molecule has 3 aromatic rings. The number of benzene rings is 2. The zero-order valence-electron chi connectivity index (χ0n) is 18.1. The van der Waals surface area contributed by atoms with Crippen molar-refractivity contribution in [3.05, 3.63) is 70.6 Å². The van der Waals surface area contributed by atoms with Crippen molar-refractivity contribution in [2.24, 2.45) is 0 Å². The SMILES string of the molecule is CCOc1ncccc1-c1cc(C(=O)NS(C)(=O)=O)c(F)cc1Oc1ccc(C(F)(F)F)c(Cl)c1. The van der Waals surface area contributed by atoms with Crippen molar-refractivity contribution in [2.75, 3.05) is 12.9 Å². The molecule has 0 fully saturated rings. The van der Waals surface area contributed by atoms with Gasteiger partial charge in [0.05, 0.1) is 29.0 Å². The van der Waals surface area contributed by atoms with Crippen molar-refractivity contribution in [1.29, 1.82) is 0 Å². The number of nitrogens with zero attached hydrogens (tertiary/aromatic N) is 1. The van der Waals surface area contributed by atoms with Gasteiger partial charge in [0.25, 0.3) is 5.91 Å². The molecule has 2 aromatic carbocycles. The summed E-state index contributed by atoms with van der Waals surface area (Å²) in [6.45, 7) is 1.90. The molecule has 0 saturated heterocycles. The second-order valence-corrected chi connectivity index (χ2v) is 9.22. The Labute approximate surface area is 202 Å². The van der Waals surface area contributed by atoms with Gasteiger partial charge in [0.1, 0.15) is 17.3 Å². The molecule has 0 aliphatic carbocycles. The monoisotopic (exact) mass is 532 g/mol. The predicted octanol–water partition coefficient (Wildman–Crippen LogP) is 5.44. The maximum absolute atomic E-state index is 14.9. The van der Waals surface area contributed by atoms with E-state index in [4.69, 9.17) is 21.1 Å². The molecule has 3 rings (SSSR count).